The molecule has 2 aromatic rings. The van der Waals surface area contributed by atoms with Crippen LogP contribution >= 0.6 is 0 Å². The van der Waals surface area contributed by atoms with Crippen molar-refractivity contribution >= 4 is 18.3 Å². The van der Waals surface area contributed by atoms with Crippen LogP contribution in [0.4, 0.5) is 5.69 Å². The van der Waals surface area contributed by atoms with E-state index >= 15 is 0 Å². The summed E-state index contributed by atoms with van der Waals surface area (Å²) in [4.78, 5) is 4.95. The van der Waals surface area contributed by atoms with Crippen LogP contribution < -0.4 is 10.7 Å². The van der Waals surface area contributed by atoms with E-state index in [1.165, 1.54) is 11.1 Å². The molecule has 0 radical (unpaired) electrons. The summed E-state index contributed by atoms with van der Waals surface area (Å²) < 4.78 is 0. The van der Waals surface area contributed by atoms with E-state index in [-0.39, 0.29) is 0 Å². The number of hydrogen-bond donors (Lipinski definition) is 3. The van der Waals surface area contributed by atoms with Gasteiger partial charge in [-0.25, -0.2) is 4.84 Å². The van der Waals surface area contributed by atoms with Gasteiger partial charge in [-0.05, 0) is 34.5 Å². The quantitative estimate of drug-likeness (QED) is 0.748. The highest BCUT2D eigenvalue weighted by molar-refractivity contribution is 6.58. The Bertz CT molecular complexity index is 659. The molecule has 0 saturated heterocycles. The molecule has 0 atom stereocenters. The predicted octanol–water partition coefficient (Wildman–Crippen LogP) is 2.94. The number of anilines is 1. The van der Waals surface area contributed by atoms with Crippen molar-refractivity contribution in [1.29, 1.82) is 0 Å². The van der Waals surface area contributed by atoms with Crippen LogP contribution in [0.1, 0.15) is 56.2 Å². The number of nitrogens with zero attached hydrogens (tertiary/aromatic N) is 1. The summed E-state index contributed by atoms with van der Waals surface area (Å²) in [7, 11) is -1.36. The van der Waals surface area contributed by atoms with Crippen molar-refractivity contribution in [3.05, 3.63) is 59.2 Å². The van der Waals surface area contributed by atoms with Crippen LogP contribution in [-0.2, 0) is 11.4 Å². The van der Waals surface area contributed by atoms with Crippen LogP contribution in [-0.4, -0.2) is 22.4 Å². The molecule has 3 rings (SSSR count). The standard InChI is InChI=1S/C10H13NO2.C9H13BO2/c1-7(2)8-3-4-10-9(5-8)6-13-11(10)12;1-7(2)8-3-5-9(6-4-8)10(11)12/h3-5,7,12H,6H2,1-2H3;3-7,11-12H,1-2H3. The molecule has 5 nitrogen and oxygen atoms in total. The summed E-state index contributed by atoms with van der Waals surface area (Å²) in [5, 5.41) is 27.7. The number of fused-ring (bicyclic) bond motifs is 1. The summed E-state index contributed by atoms with van der Waals surface area (Å²) in [6.07, 6.45) is 0. The van der Waals surface area contributed by atoms with Crippen molar-refractivity contribution in [3.63, 3.8) is 0 Å². The van der Waals surface area contributed by atoms with Crippen LogP contribution in [0.5, 0.6) is 0 Å². The van der Waals surface area contributed by atoms with Gasteiger partial charge in [0.25, 0.3) is 0 Å². The topological polar surface area (TPSA) is 73.2 Å². The molecule has 0 bridgehead atoms. The van der Waals surface area contributed by atoms with E-state index in [2.05, 4.69) is 33.8 Å². The van der Waals surface area contributed by atoms with Crippen LogP contribution in [0.15, 0.2) is 42.5 Å². The summed E-state index contributed by atoms with van der Waals surface area (Å²) >= 11 is 0. The molecule has 3 N–H and O–H groups in total. The molecule has 1 heterocycles. The molecule has 0 aromatic heterocycles. The van der Waals surface area contributed by atoms with Crippen molar-refractivity contribution in [2.45, 2.75) is 46.1 Å². The zero-order chi connectivity index (χ0) is 18.6. The second-order valence-electron chi connectivity index (χ2n) is 6.78. The maximum Gasteiger partial charge on any atom is 0.488 e. The lowest BCUT2D eigenvalue weighted by Gasteiger charge is -2.09. The van der Waals surface area contributed by atoms with Gasteiger partial charge in [-0.3, -0.25) is 5.21 Å². The lowest BCUT2D eigenvalue weighted by molar-refractivity contribution is -0.0329. The minimum Gasteiger partial charge on any atom is -0.423 e. The molecule has 0 unspecified atom stereocenters. The zero-order valence-corrected chi connectivity index (χ0v) is 15.2. The number of hydrogen-bond acceptors (Lipinski definition) is 5. The Labute approximate surface area is 149 Å². The van der Waals surface area contributed by atoms with Gasteiger partial charge < -0.3 is 10.0 Å². The zero-order valence-electron chi connectivity index (χ0n) is 15.2. The minimum atomic E-state index is -1.36. The lowest BCUT2D eigenvalue weighted by atomic mass is 9.79. The molecule has 0 amide bonds. The summed E-state index contributed by atoms with van der Waals surface area (Å²) in [6.45, 7) is 8.96. The van der Waals surface area contributed by atoms with E-state index < -0.39 is 7.12 Å². The van der Waals surface area contributed by atoms with E-state index in [9.17, 15) is 5.21 Å². The van der Waals surface area contributed by atoms with Crippen molar-refractivity contribution in [3.8, 4) is 0 Å². The van der Waals surface area contributed by atoms with Gasteiger partial charge in [0.2, 0.25) is 0 Å². The van der Waals surface area contributed by atoms with Gasteiger partial charge in [-0.1, -0.05) is 64.1 Å². The Morgan fingerprint density at radius 2 is 1.48 bits per heavy atom. The molecule has 2 aromatic carbocycles. The maximum absolute atomic E-state index is 9.22. The smallest absolute Gasteiger partial charge is 0.423 e. The summed E-state index contributed by atoms with van der Waals surface area (Å²) in [5.74, 6) is 0.993. The molecule has 0 aliphatic carbocycles. The van der Waals surface area contributed by atoms with Crippen LogP contribution in [0.3, 0.4) is 0 Å². The monoisotopic (exact) mass is 343 g/mol. The van der Waals surface area contributed by atoms with Gasteiger partial charge in [-0.15, -0.1) is 5.23 Å². The first-order valence-electron chi connectivity index (χ1n) is 8.50. The predicted molar refractivity (Wildman–Crippen MR) is 99.9 cm³/mol. The third-order valence-corrected chi connectivity index (χ3v) is 4.22. The highest BCUT2D eigenvalue weighted by Gasteiger charge is 2.19. The second-order valence-corrected chi connectivity index (χ2v) is 6.78. The highest BCUT2D eigenvalue weighted by Crippen LogP contribution is 2.30. The lowest BCUT2D eigenvalue weighted by Crippen LogP contribution is -2.29. The molecule has 0 fully saturated rings. The van der Waals surface area contributed by atoms with Crippen molar-refractivity contribution < 1.29 is 20.1 Å². The van der Waals surface area contributed by atoms with Gasteiger partial charge in [-0.2, -0.15) is 0 Å². The van der Waals surface area contributed by atoms with Gasteiger partial charge in [0.15, 0.2) is 0 Å². The van der Waals surface area contributed by atoms with Gasteiger partial charge in [0.05, 0.1) is 0 Å². The number of benzene rings is 2. The summed E-state index contributed by atoms with van der Waals surface area (Å²) in [6, 6.07) is 13.3. The average Bonchev–Trinajstić information content (AvgIpc) is 2.96. The Morgan fingerprint density at radius 3 is 2.00 bits per heavy atom. The SMILES string of the molecule is CC(C)c1ccc(B(O)O)cc1.CC(C)c1ccc2c(c1)CON2O. The first-order valence-corrected chi connectivity index (χ1v) is 8.50. The largest absolute Gasteiger partial charge is 0.488 e. The molecule has 1 aliphatic rings. The summed E-state index contributed by atoms with van der Waals surface area (Å²) in [5.41, 5.74) is 4.83. The Hall–Kier alpha value is -1.86. The van der Waals surface area contributed by atoms with E-state index in [0.29, 0.717) is 23.9 Å². The van der Waals surface area contributed by atoms with Crippen LogP contribution in [0, 0.1) is 0 Å². The minimum absolute atomic E-state index is 0.465. The first-order chi connectivity index (χ1) is 11.8. The van der Waals surface area contributed by atoms with Crippen molar-refractivity contribution in [2.75, 3.05) is 5.23 Å². The third-order valence-electron chi connectivity index (χ3n) is 4.22. The van der Waals surface area contributed by atoms with Crippen LogP contribution in [0.25, 0.3) is 0 Å². The molecule has 0 saturated carbocycles. The Morgan fingerprint density at radius 1 is 0.920 bits per heavy atom. The molecule has 1 aliphatic heterocycles. The van der Waals surface area contributed by atoms with Gasteiger partial charge >= 0.3 is 7.12 Å². The fourth-order valence-electron chi connectivity index (χ4n) is 2.52. The fourth-order valence-corrected chi connectivity index (χ4v) is 2.52. The van der Waals surface area contributed by atoms with Crippen molar-refractivity contribution in [1.82, 2.24) is 0 Å². The average molecular weight is 343 g/mol. The Kier molecular flexibility index (Phi) is 6.61. The Balaban J connectivity index is 0.000000181. The van der Waals surface area contributed by atoms with Gasteiger partial charge in [0.1, 0.15) is 12.3 Å². The fraction of sp³-hybridized carbons (Fsp3) is 0.368. The van der Waals surface area contributed by atoms with Crippen LogP contribution in [0.2, 0.25) is 0 Å². The molecule has 0 spiro atoms. The first kappa shape index (κ1) is 19.5. The normalized spacial score (nSPS) is 12.9. The number of rotatable bonds is 3. The van der Waals surface area contributed by atoms with Crippen molar-refractivity contribution in [2.24, 2.45) is 0 Å². The molecule has 134 valence electrons. The molecular weight excluding hydrogens is 317 g/mol. The second kappa shape index (κ2) is 8.49. The van der Waals surface area contributed by atoms with E-state index in [4.69, 9.17) is 14.9 Å². The van der Waals surface area contributed by atoms with E-state index in [1.54, 1.807) is 12.1 Å². The van der Waals surface area contributed by atoms with E-state index in [0.717, 1.165) is 16.5 Å². The van der Waals surface area contributed by atoms with Gasteiger partial charge in [0, 0.05) is 5.56 Å². The highest BCUT2D eigenvalue weighted by atomic mass is 16.9. The maximum atomic E-state index is 9.22. The molecule has 6 heteroatoms. The molecular formula is C19H26BNO4. The third kappa shape index (κ3) is 5.06. The molecule has 25 heavy (non-hydrogen) atoms. The van der Waals surface area contributed by atoms with E-state index in [1.807, 2.05) is 24.3 Å².